The van der Waals surface area contributed by atoms with Crippen LogP contribution in [0.1, 0.15) is 68.6 Å². The summed E-state index contributed by atoms with van der Waals surface area (Å²) in [6.07, 6.45) is 4.03. The number of aliphatic hydroxyl groups is 1. The maximum Gasteiger partial charge on any atom is 0.324 e. The first-order chi connectivity index (χ1) is 15.4. The number of piperidine rings is 1. The largest absolute Gasteiger partial charge is 0.493 e. The second-order valence-corrected chi connectivity index (χ2v) is 8.71. The third-order valence-electron chi connectivity index (χ3n) is 5.69. The maximum absolute atomic E-state index is 14.3. The van der Waals surface area contributed by atoms with E-state index in [0.717, 1.165) is 44.6 Å². The van der Waals surface area contributed by atoms with E-state index in [-0.39, 0.29) is 18.1 Å². The first-order valence-corrected chi connectivity index (χ1v) is 11.3. The van der Waals surface area contributed by atoms with Crippen LogP contribution in [0.25, 0.3) is 0 Å². The lowest BCUT2D eigenvalue weighted by molar-refractivity contribution is 0.0918. The number of aliphatic hydroxyl groups excluding tert-OH is 1. The van der Waals surface area contributed by atoms with Gasteiger partial charge < -0.3 is 24.6 Å². The number of amides is 1. The molecule has 0 aliphatic carbocycles. The zero-order chi connectivity index (χ0) is 23.1. The SMILES string of the molecule is CC(CO)NC(=O)c1ccc(OCCCC2CCN(c3nc(C(C)C)no3)CC2)cc1F. The Labute approximate surface area is 188 Å². The van der Waals surface area contributed by atoms with Gasteiger partial charge in [0.1, 0.15) is 11.6 Å². The number of hydrogen-bond acceptors (Lipinski definition) is 7. The number of carbonyl (C=O) groups is 1. The van der Waals surface area contributed by atoms with Crippen LogP contribution in [0.5, 0.6) is 5.75 Å². The van der Waals surface area contributed by atoms with Crippen molar-refractivity contribution < 1.29 is 23.6 Å². The number of anilines is 1. The quantitative estimate of drug-likeness (QED) is 0.536. The molecule has 1 unspecified atom stereocenters. The van der Waals surface area contributed by atoms with Crippen molar-refractivity contribution in [1.82, 2.24) is 15.5 Å². The number of nitrogens with zero attached hydrogens (tertiary/aromatic N) is 3. The molecule has 1 aliphatic rings. The molecule has 32 heavy (non-hydrogen) atoms. The van der Waals surface area contributed by atoms with E-state index in [1.54, 1.807) is 13.0 Å². The molecular weight excluding hydrogens is 415 g/mol. The minimum atomic E-state index is -0.640. The van der Waals surface area contributed by atoms with Gasteiger partial charge in [-0.2, -0.15) is 4.98 Å². The molecular formula is C23H33FN4O4. The van der Waals surface area contributed by atoms with Crippen molar-refractivity contribution in [2.24, 2.45) is 5.92 Å². The highest BCUT2D eigenvalue weighted by Crippen LogP contribution is 2.26. The molecule has 9 heteroatoms. The Bertz CT molecular complexity index is 881. The molecule has 2 N–H and O–H groups in total. The lowest BCUT2D eigenvalue weighted by atomic mass is 9.92. The average molecular weight is 449 g/mol. The van der Waals surface area contributed by atoms with Gasteiger partial charge in [0.2, 0.25) is 0 Å². The molecule has 1 atom stereocenters. The lowest BCUT2D eigenvalue weighted by Gasteiger charge is -2.30. The van der Waals surface area contributed by atoms with Gasteiger partial charge in [0.25, 0.3) is 5.91 Å². The topological polar surface area (TPSA) is 101 Å². The van der Waals surface area contributed by atoms with E-state index in [1.807, 2.05) is 13.8 Å². The van der Waals surface area contributed by atoms with E-state index in [9.17, 15) is 9.18 Å². The molecule has 1 saturated heterocycles. The fourth-order valence-corrected chi connectivity index (χ4v) is 3.68. The average Bonchev–Trinajstić information content (AvgIpc) is 3.28. The van der Waals surface area contributed by atoms with Crippen molar-refractivity contribution in [1.29, 1.82) is 0 Å². The number of carbonyl (C=O) groups excluding carboxylic acids is 1. The Kier molecular flexibility index (Phi) is 8.44. The van der Waals surface area contributed by atoms with Crippen LogP contribution in [0, 0.1) is 11.7 Å². The monoisotopic (exact) mass is 448 g/mol. The molecule has 0 spiro atoms. The molecule has 0 radical (unpaired) electrons. The second-order valence-electron chi connectivity index (χ2n) is 8.71. The van der Waals surface area contributed by atoms with Crippen LogP contribution in [0.15, 0.2) is 22.7 Å². The van der Waals surface area contributed by atoms with Crippen LogP contribution in [-0.2, 0) is 0 Å². The number of aromatic nitrogens is 2. The fourth-order valence-electron chi connectivity index (χ4n) is 3.68. The predicted octanol–water partition coefficient (Wildman–Crippen LogP) is 3.52. The molecule has 1 amide bonds. The Morgan fingerprint density at radius 3 is 2.72 bits per heavy atom. The summed E-state index contributed by atoms with van der Waals surface area (Å²) in [4.78, 5) is 18.6. The van der Waals surface area contributed by atoms with Crippen molar-refractivity contribution in [3.8, 4) is 5.75 Å². The first kappa shape index (κ1) is 24.0. The van der Waals surface area contributed by atoms with Crippen molar-refractivity contribution in [3.63, 3.8) is 0 Å². The van der Waals surface area contributed by atoms with Gasteiger partial charge in [-0.3, -0.25) is 4.79 Å². The molecule has 176 valence electrons. The molecule has 1 fully saturated rings. The summed E-state index contributed by atoms with van der Waals surface area (Å²) in [5.74, 6) is 0.813. The van der Waals surface area contributed by atoms with Crippen LogP contribution < -0.4 is 15.0 Å². The smallest absolute Gasteiger partial charge is 0.324 e. The first-order valence-electron chi connectivity index (χ1n) is 11.3. The van der Waals surface area contributed by atoms with Gasteiger partial charge in [0.15, 0.2) is 5.82 Å². The lowest BCUT2D eigenvalue weighted by Crippen LogP contribution is -2.35. The number of halogens is 1. The molecule has 3 rings (SSSR count). The van der Waals surface area contributed by atoms with Crippen molar-refractivity contribution in [2.45, 2.75) is 58.4 Å². The number of hydrogen-bond donors (Lipinski definition) is 2. The van der Waals surface area contributed by atoms with Crippen LogP contribution in [-0.4, -0.2) is 53.5 Å². The predicted molar refractivity (Wildman–Crippen MR) is 118 cm³/mol. The van der Waals surface area contributed by atoms with E-state index in [0.29, 0.717) is 24.3 Å². The number of nitrogens with one attached hydrogen (secondary N) is 1. The molecule has 1 aromatic carbocycles. The Hall–Kier alpha value is -2.68. The van der Waals surface area contributed by atoms with Gasteiger partial charge in [-0.15, -0.1) is 0 Å². The van der Waals surface area contributed by atoms with Crippen LogP contribution >= 0.6 is 0 Å². The van der Waals surface area contributed by atoms with Gasteiger partial charge in [-0.1, -0.05) is 19.0 Å². The van der Waals surface area contributed by atoms with E-state index in [4.69, 9.17) is 14.4 Å². The third kappa shape index (κ3) is 6.41. The van der Waals surface area contributed by atoms with Gasteiger partial charge >= 0.3 is 6.01 Å². The van der Waals surface area contributed by atoms with Crippen LogP contribution in [0.4, 0.5) is 10.4 Å². The highest BCUT2D eigenvalue weighted by atomic mass is 19.1. The third-order valence-corrected chi connectivity index (χ3v) is 5.69. The second kappa shape index (κ2) is 11.3. The van der Waals surface area contributed by atoms with Crippen molar-refractivity contribution in [2.75, 3.05) is 31.2 Å². The highest BCUT2D eigenvalue weighted by molar-refractivity contribution is 5.94. The van der Waals surface area contributed by atoms with E-state index in [1.165, 1.54) is 12.1 Å². The summed E-state index contributed by atoms with van der Waals surface area (Å²) in [7, 11) is 0. The molecule has 0 saturated carbocycles. The standard InChI is InChI=1S/C23H33FN4O4/c1-15(2)21-26-23(32-27-21)28-10-8-17(9-11-28)5-4-12-31-18-6-7-19(20(24)13-18)22(30)25-16(3)14-29/h6-7,13,15-17,29H,4-5,8-12,14H2,1-3H3,(H,25,30). The summed E-state index contributed by atoms with van der Waals surface area (Å²) >= 11 is 0. The normalized spacial score (nSPS) is 15.8. The van der Waals surface area contributed by atoms with Gasteiger partial charge in [0.05, 0.1) is 18.8 Å². The Morgan fingerprint density at radius 1 is 1.34 bits per heavy atom. The zero-order valence-corrected chi connectivity index (χ0v) is 19.0. The molecule has 1 aliphatic heterocycles. The van der Waals surface area contributed by atoms with E-state index >= 15 is 0 Å². The van der Waals surface area contributed by atoms with Crippen molar-refractivity contribution in [3.05, 3.63) is 35.4 Å². The highest BCUT2D eigenvalue weighted by Gasteiger charge is 2.23. The minimum Gasteiger partial charge on any atom is -0.493 e. The van der Waals surface area contributed by atoms with Crippen LogP contribution in [0.3, 0.4) is 0 Å². The van der Waals surface area contributed by atoms with E-state index in [2.05, 4.69) is 20.4 Å². The maximum atomic E-state index is 14.3. The van der Waals surface area contributed by atoms with Gasteiger partial charge in [-0.25, -0.2) is 4.39 Å². The van der Waals surface area contributed by atoms with Gasteiger partial charge in [0, 0.05) is 31.1 Å². The summed E-state index contributed by atoms with van der Waals surface area (Å²) < 4.78 is 25.3. The molecule has 8 nitrogen and oxygen atoms in total. The zero-order valence-electron chi connectivity index (χ0n) is 19.0. The number of benzene rings is 1. The number of rotatable bonds is 10. The van der Waals surface area contributed by atoms with Gasteiger partial charge in [-0.05, 0) is 50.7 Å². The summed E-state index contributed by atoms with van der Waals surface area (Å²) in [6.45, 7) is 7.82. The number of ether oxygens (including phenoxy) is 1. The molecule has 0 bridgehead atoms. The Morgan fingerprint density at radius 2 is 2.09 bits per heavy atom. The fraction of sp³-hybridized carbons (Fsp3) is 0.609. The summed E-state index contributed by atoms with van der Waals surface area (Å²) in [5.41, 5.74) is -0.0637. The molecule has 2 aromatic rings. The minimum absolute atomic E-state index is 0.0637. The van der Waals surface area contributed by atoms with Crippen LogP contribution in [0.2, 0.25) is 0 Å². The summed E-state index contributed by atoms with van der Waals surface area (Å²) in [5, 5.41) is 15.6. The van der Waals surface area contributed by atoms with E-state index < -0.39 is 17.8 Å². The molecule has 1 aromatic heterocycles. The molecule has 2 heterocycles. The van der Waals surface area contributed by atoms with Crippen molar-refractivity contribution >= 4 is 11.9 Å². The summed E-state index contributed by atoms with van der Waals surface area (Å²) in [6, 6.07) is 4.40. The Balaban J connectivity index is 1.37.